The molecule has 1 fully saturated rings. The predicted molar refractivity (Wildman–Crippen MR) is 106 cm³/mol. The van der Waals surface area contributed by atoms with Gasteiger partial charge in [0, 0.05) is 17.5 Å². The number of aromatic amines is 1. The van der Waals surface area contributed by atoms with E-state index in [1.165, 1.54) is 0 Å². The predicted octanol–water partition coefficient (Wildman–Crippen LogP) is 4.27. The Bertz CT molecular complexity index is 916. The van der Waals surface area contributed by atoms with Crippen LogP contribution in [0.5, 0.6) is 5.75 Å². The fourth-order valence-corrected chi connectivity index (χ4v) is 4.02. The van der Waals surface area contributed by atoms with E-state index in [-0.39, 0.29) is 11.9 Å². The van der Waals surface area contributed by atoms with Crippen LogP contribution < -0.4 is 10.1 Å². The van der Waals surface area contributed by atoms with E-state index in [1.54, 1.807) is 13.2 Å². The molecule has 1 aliphatic carbocycles. The van der Waals surface area contributed by atoms with Crippen LogP contribution in [0.25, 0.3) is 11.0 Å². The number of hydrogen-bond donors (Lipinski definition) is 2. The fourth-order valence-electron chi connectivity index (χ4n) is 4.02. The highest BCUT2D eigenvalue weighted by Gasteiger charge is 2.31. The second-order valence-corrected chi connectivity index (χ2v) is 7.44. The fraction of sp³-hybridized carbons (Fsp3) is 0.364. The molecule has 5 nitrogen and oxygen atoms in total. The zero-order valence-corrected chi connectivity index (χ0v) is 15.7. The van der Waals surface area contributed by atoms with Crippen molar-refractivity contribution in [3.63, 3.8) is 0 Å². The molecule has 1 aromatic heterocycles. The highest BCUT2D eigenvalue weighted by Crippen LogP contribution is 2.37. The Kier molecular flexibility index (Phi) is 4.84. The summed E-state index contributed by atoms with van der Waals surface area (Å²) in [5, 5.41) is 3.20. The molecule has 1 heterocycles. The van der Waals surface area contributed by atoms with Gasteiger partial charge in [0.1, 0.15) is 11.6 Å². The second-order valence-electron chi connectivity index (χ2n) is 7.44. The van der Waals surface area contributed by atoms with Crippen LogP contribution in [0.3, 0.4) is 0 Å². The number of benzene rings is 2. The summed E-state index contributed by atoms with van der Waals surface area (Å²) < 4.78 is 5.22. The van der Waals surface area contributed by atoms with Crippen molar-refractivity contribution in [1.29, 1.82) is 0 Å². The standard InChI is InChI=1S/C22H25N3O2/c1-14-10-11-16(23-22(26)15-6-5-7-17(12-15)27-2)13-18(14)21-24-19-8-3-4-9-20(19)25-21/h3-9,12,14,16,18H,10-11,13H2,1-2H3,(H,23,26)(H,24,25)/t14-,16-,18+/m1/s1. The maximum absolute atomic E-state index is 12.7. The van der Waals surface area contributed by atoms with Gasteiger partial charge >= 0.3 is 0 Å². The van der Waals surface area contributed by atoms with Crippen LogP contribution >= 0.6 is 0 Å². The third kappa shape index (κ3) is 3.68. The molecule has 1 amide bonds. The topological polar surface area (TPSA) is 67.0 Å². The minimum absolute atomic E-state index is 0.0446. The molecule has 27 heavy (non-hydrogen) atoms. The van der Waals surface area contributed by atoms with Crippen molar-refractivity contribution in [3.05, 3.63) is 59.9 Å². The van der Waals surface area contributed by atoms with Crippen molar-refractivity contribution >= 4 is 16.9 Å². The number of H-pyrrole nitrogens is 1. The number of nitrogens with one attached hydrogen (secondary N) is 2. The molecule has 0 unspecified atom stereocenters. The van der Waals surface area contributed by atoms with Crippen LogP contribution in [-0.4, -0.2) is 29.0 Å². The number of amides is 1. The Morgan fingerprint density at radius 3 is 2.85 bits per heavy atom. The SMILES string of the molecule is COc1cccc(C(=O)N[C@@H]2CC[C@@H](C)[C@@H](c3nc4ccccc4[nH]3)C2)c1. The van der Waals surface area contributed by atoms with Gasteiger partial charge in [-0.15, -0.1) is 0 Å². The molecule has 3 aromatic rings. The van der Waals surface area contributed by atoms with Crippen molar-refractivity contribution in [2.75, 3.05) is 7.11 Å². The summed E-state index contributed by atoms with van der Waals surface area (Å²) >= 11 is 0. The minimum atomic E-state index is -0.0446. The van der Waals surface area contributed by atoms with E-state index in [1.807, 2.05) is 36.4 Å². The summed E-state index contributed by atoms with van der Waals surface area (Å²) in [6.45, 7) is 2.28. The molecular weight excluding hydrogens is 338 g/mol. The lowest BCUT2D eigenvalue weighted by molar-refractivity contribution is 0.0917. The van der Waals surface area contributed by atoms with Crippen molar-refractivity contribution in [3.8, 4) is 5.75 Å². The lowest BCUT2D eigenvalue weighted by Crippen LogP contribution is -2.40. The first-order chi connectivity index (χ1) is 13.1. The summed E-state index contributed by atoms with van der Waals surface area (Å²) in [4.78, 5) is 20.9. The summed E-state index contributed by atoms with van der Waals surface area (Å²) in [6.07, 6.45) is 2.97. The van der Waals surface area contributed by atoms with Gasteiger partial charge < -0.3 is 15.0 Å². The Labute approximate surface area is 159 Å². The average Bonchev–Trinajstić information content (AvgIpc) is 3.13. The van der Waals surface area contributed by atoms with E-state index in [0.717, 1.165) is 36.1 Å². The van der Waals surface area contributed by atoms with Crippen molar-refractivity contribution in [1.82, 2.24) is 15.3 Å². The minimum Gasteiger partial charge on any atom is -0.497 e. The number of nitrogens with zero attached hydrogens (tertiary/aromatic N) is 1. The third-order valence-corrected chi connectivity index (χ3v) is 5.62. The number of ether oxygens (including phenoxy) is 1. The Morgan fingerprint density at radius 1 is 1.19 bits per heavy atom. The van der Waals surface area contributed by atoms with Crippen LogP contribution in [0, 0.1) is 5.92 Å². The molecule has 2 N–H and O–H groups in total. The number of aromatic nitrogens is 2. The first-order valence-corrected chi connectivity index (χ1v) is 9.53. The van der Waals surface area contributed by atoms with Gasteiger partial charge in [-0.3, -0.25) is 4.79 Å². The number of carbonyl (C=O) groups is 1. The van der Waals surface area contributed by atoms with Crippen molar-refractivity contribution in [2.24, 2.45) is 5.92 Å². The van der Waals surface area contributed by atoms with Crippen LogP contribution in [0.15, 0.2) is 48.5 Å². The zero-order chi connectivity index (χ0) is 18.8. The number of imidazole rings is 1. The number of methoxy groups -OCH3 is 1. The highest BCUT2D eigenvalue weighted by atomic mass is 16.5. The molecule has 5 heteroatoms. The van der Waals surface area contributed by atoms with E-state index < -0.39 is 0 Å². The monoisotopic (exact) mass is 363 g/mol. The molecule has 1 aliphatic rings. The number of fused-ring (bicyclic) bond motifs is 1. The van der Waals surface area contributed by atoms with Gasteiger partial charge in [0.05, 0.1) is 18.1 Å². The van der Waals surface area contributed by atoms with Gasteiger partial charge in [0.25, 0.3) is 5.91 Å². The molecule has 140 valence electrons. The van der Waals surface area contributed by atoms with Crippen molar-refractivity contribution < 1.29 is 9.53 Å². The van der Waals surface area contributed by atoms with Crippen LogP contribution in [0.4, 0.5) is 0 Å². The number of hydrogen-bond acceptors (Lipinski definition) is 3. The van der Waals surface area contributed by atoms with Gasteiger partial charge in [0.15, 0.2) is 0 Å². The van der Waals surface area contributed by atoms with E-state index in [9.17, 15) is 4.79 Å². The highest BCUT2D eigenvalue weighted by molar-refractivity contribution is 5.94. The lowest BCUT2D eigenvalue weighted by atomic mass is 9.77. The smallest absolute Gasteiger partial charge is 0.251 e. The number of carbonyl (C=O) groups excluding carboxylic acids is 1. The molecule has 1 saturated carbocycles. The third-order valence-electron chi connectivity index (χ3n) is 5.62. The molecule has 2 aromatic carbocycles. The normalized spacial score (nSPS) is 22.5. The van der Waals surface area contributed by atoms with Gasteiger partial charge in [-0.25, -0.2) is 4.98 Å². The molecule has 0 radical (unpaired) electrons. The maximum Gasteiger partial charge on any atom is 0.251 e. The van der Waals surface area contributed by atoms with Gasteiger partial charge in [-0.1, -0.05) is 25.1 Å². The Balaban J connectivity index is 1.49. The number of rotatable bonds is 4. The molecule has 3 atom stereocenters. The van der Waals surface area contributed by atoms with Crippen molar-refractivity contribution in [2.45, 2.75) is 38.1 Å². The maximum atomic E-state index is 12.7. The van der Waals surface area contributed by atoms with Crippen LogP contribution in [0.1, 0.15) is 48.3 Å². The van der Waals surface area contributed by atoms with Crippen LogP contribution in [-0.2, 0) is 0 Å². The summed E-state index contributed by atoms with van der Waals surface area (Å²) in [5.41, 5.74) is 2.71. The van der Waals surface area contributed by atoms with E-state index in [2.05, 4.69) is 23.3 Å². The van der Waals surface area contributed by atoms with Gasteiger partial charge in [0.2, 0.25) is 0 Å². The van der Waals surface area contributed by atoms with E-state index in [4.69, 9.17) is 9.72 Å². The molecule has 0 aliphatic heterocycles. The quantitative estimate of drug-likeness (QED) is 0.727. The first-order valence-electron chi connectivity index (χ1n) is 9.53. The molecule has 0 bridgehead atoms. The van der Waals surface area contributed by atoms with E-state index >= 15 is 0 Å². The largest absolute Gasteiger partial charge is 0.497 e. The lowest BCUT2D eigenvalue weighted by Gasteiger charge is -2.33. The zero-order valence-electron chi connectivity index (χ0n) is 15.7. The first kappa shape index (κ1) is 17.6. The Morgan fingerprint density at radius 2 is 2.04 bits per heavy atom. The average molecular weight is 363 g/mol. The molecule has 4 rings (SSSR count). The summed E-state index contributed by atoms with van der Waals surface area (Å²) in [7, 11) is 1.61. The van der Waals surface area contributed by atoms with E-state index in [0.29, 0.717) is 23.1 Å². The molecule has 0 spiro atoms. The van der Waals surface area contributed by atoms with Crippen LogP contribution in [0.2, 0.25) is 0 Å². The van der Waals surface area contributed by atoms with Gasteiger partial charge in [-0.05, 0) is 55.5 Å². The summed E-state index contributed by atoms with van der Waals surface area (Å²) in [6, 6.07) is 15.5. The molecular formula is C22H25N3O2. The van der Waals surface area contributed by atoms with Gasteiger partial charge in [-0.2, -0.15) is 0 Å². The Hall–Kier alpha value is -2.82. The number of para-hydroxylation sites is 2. The second kappa shape index (κ2) is 7.43. The molecule has 0 saturated heterocycles. The summed E-state index contributed by atoms with van der Waals surface area (Å²) in [5.74, 6) is 2.54.